The van der Waals surface area contributed by atoms with Gasteiger partial charge in [-0.3, -0.25) is 0 Å². The van der Waals surface area contributed by atoms with Gasteiger partial charge in [0.05, 0.1) is 6.61 Å². The number of ether oxygens (including phenoxy) is 1. The molecule has 5 nitrogen and oxygen atoms in total. The quantitative estimate of drug-likeness (QED) is 0.664. The van der Waals surface area contributed by atoms with Crippen molar-refractivity contribution in [3.63, 3.8) is 0 Å². The molecule has 2 aromatic rings. The van der Waals surface area contributed by atoms with Gasteiger partial charge in [-0.2, -0.15) is 5.10 Å². The normalized spacial score (nSPS) is 10.3. The zero-order chi connectivity index (χ0) is 13.1. The summed E-state index contributed by atoms with van der Waals surface area (Å²) in [4.78, 5) is 11.4. The predicted molar refractivity (Wildman–Crippen MR) is 63.9 cm³/mol. The number of anilines is 1. The van der Waals surface area contributed by atoms with E-state index in [4.69, 9.17) is 10.5 Å². The van der Waals surface area contributed by atoms with Crippen LogP contribution in [0.3, 0.4) is 0 Å². The maximum atomic E-state index is 13.6. The number of benzene rings is 1. The van der Waals surface area contributed by atoms with Crippen LogP contribution in [0.1, 0.15) is 17.4 Å². The minimum Gasteiger partial charge on any atom is -0.461 e. The molecule has 0 aliphatic heterocycles. The Labute approximate surface area is 103 Å². The van der Waals surface area contributed by atoms with Gasteiger partial charge in [0.15, 0.2) is 11.5 Å². The number of halogens is 1. The molecule has 0 fully saturated rings. The van der Waals surface area contributed by atoms with Crippen LogP contribution in [0.15, 0.2) is 30.5 Å². The van der Waals surface area contributed by atoms with E-state index < -0.39 is 11.8 Å². The van der Waals surface area contributed by atoms with Crippen LogP contribution in [0.25, 0.3) is 5.69 Å². The number of rotatable bonds is 3. The number of hydrogen-bond acceptors (Lipinski definition) is 4. The number of nitrogens with two attached hydrogens (primary N) is 1. The number of carbonyl (C=O) groups excluding carboxylic acids is 1. The van der Waals surface area contributed by atoms with E-state index in [1.165, 1.54) is 29.1 Å². The first-order valence-electron chi connectivity index (χ1n) is 5.40. The van der Waals surface area contributed by atoms with E-state index in [-0.39, 0.29) is 18.0 Å². The van der Waals surface area contributed by atoms with Gasteiger partial charge < -0.3 is 10.5 Å². The first kappa shape index (κ1) is 12.1. The zero-order valence-electron chi connectivity index (χ0n) is 9.76. The van der Waals surface area contributed by atoms with Crippen molar-refractivity contribution in [2.24, 2.45) is 0 Å². The van der Waals surface area contributed by atoms with Gasteiger partial charge in [-0.1, -0.05) is 0 Å². The van der Waals surface area contributed by atoms with E-state index in [0.717, 1.165) is 0 Å². The summed E-state index contributed by atoms with van der Waals surface area (Å²) in [7, 11) is 0. The third-order valence-corrected chi connectivity index (χ3v) is 2.29. The van der Waals surface area contributed by atoms with E-state index in [2.05, 4.69) is 5.10 Å². The summed E-state index contributed by atoms with van der Waals surface area (Å²) >= 11 is 0. The summed E-state index contributed by atoms with van der Waals surface area (Å²) in [6.45, 7) is 1.97. The Hall–Kier alpha value is -2.37. The monoisotopic (exact) mass is 249 g/mol. The van der Waals surface area contributed by atoms with E-state index in [9.17, 15) is 9.18 Å². The van der Waals surface area contributed by atoms with Crippen LogP contribution >= 0.6 is 0 Å². The highest BCUT2D eigenvalue weighted by atomic mass is 19.1. The van der Waals surface area contributed by atoms with Crippen LogP contribution in [0.4, 0.5) is 10.1 Å². The molecule has 6 heteroatoms. The molecule has 2 rings (SSSR count). The SMILES string of the molecule is CCOC(=O)c1ccn(-c2ccc(N)cc2F)n1. The molecule has 1 heterocycles. The van der Waals surface area contributed by atoms with Crippen LogP contribution in [-0.4, -0.2) is 22.4 Å². The van der Waals surface area contributed by atoms with Gasteiger partial charge in [0.2, 0.25) is 0 Å². The summed E-state index contributed by atoms with van der Waals surface area (Å²) < 4.78 is 19.7. The number of carbonyl (C=O) groups is 1. The fourth-order valence-electron chi connectivity index (χ4n) is 1.48. The van der Waals surface area contributed by atoms with Crippen LogP contribution in [0.5, 0.6) is 0 Å². The lowest BCUT2D eigenvalue weighted by Gasteiger charge is -2.03. The van der Waals surface area contributed by atoms with Gasteiger partial charge in [0.1, 0.15) is 5.69 Å². The Morgan fingerprint density at radius 3 is 2.94 bits per heavy atom. The highest BCUT2D eigenvalue weighted by Crippen LogP contribution is 2.16. The lowest BCUT2D eigenvalue weighted by atomic mass is 10.3. The standard InChI is InChI=1S/C12H12FN3O2/c1-2-18-12(17)10-5-6-16(15-10)11-4-3-8(14)7-9(11)13/h3-7H,2,14H2,1H3. The van der Waals surface area contributed by atoms with E-state index >= 15 is 0 Å². The van der Waals surface area contributed by atoms with Crippen LogP contribution < -0.4 is 5.73 Å². The highest BCUT2D eigenvalue weighted by Gasteiger charge is 2.12. The number of aromatic nitrogens is 2. The molecule has 0 spiro atoms. The van der Waals surface area contributed by atoms with Crippen LogP contribution in [0.2, 0.25) is 0 Å². The Balaban J connectivity index is 2.32. The van der Waals surface area contributed by atoms with Gasteiger partial charge in [0.25, 0.3) is 0 Å². The van der Waals surface area contributed by atoms with Gasteiger partial charge in [-0.25, -0.2) is 13.9 Å². The van der Waals surface area contributed by atoms with E-state index in [1.54, 1.807) is 13.0 Å². The molecule has 18 heavy (non-hydrogen) atoms. The molecule has 94 valence electrons. The fourth-order valence-corrected chi connectivity index (χ4v) is 1.48. The van der Waals surface area contributed by atoms with Crippen molar-refractivity contribution in [3.05, 3.63) is 42.0 Å². The van der Waals surface area contributed by atoms with Gasteiger partial charge in [0, 0.05) is 11.9 Å². The minimum atomic E-state index is -0.535. The summed E-state index contributed by atoms with van der Waals surface area (Å²) in [5.74, 6) is -1.04. The minimum absolute atomic E-state index is 0.132. The maximum Gasteiger partial charge on any atom is 0.358 e. The molecule has 0 atom stereocenters. The number of nitrogen functional groups attached to an aromatic ring is 1. The fraction of sp³-hybridized carbons (Fsp3) is 0.167. The largest absolute Gasteiger partial charge is 0.461 e. The lowest BCUT2D eigenvalue weighted by Crippen LogP contribution is -2.07. The van der Waals surface area contributed by atoms with Crippen LogP contribution in [-0.2, 0) is 4.74 Å². The van der Waals surface area contributed by atoms with Crippen molar-refractivity contribution in [1.29, 1.82) is 0 Å². The zero-order valence-corrected chi connectivity index (χ0v) is 9.76. The first-order chi connectivity index (χ1) is 8.61. The average molecular weight is 249 g/mol. The van der Waals surface area contributed by atoms with Crippen LogP contribution in [0, 0.1) is 5.82 Å². The Morgan fingerprint density at radius 2 is 2.28 bits per heavy atom. The van der Waals surface area contributed by atoms with Crippen molar-refractivity contribution in [2.45, 2.75) is 6.92 Å². The molecule has 0 bridgehead atoms. The van der Waals surface area contributed by atoms with Gasteiger partial charge in [-0.05, 0) is 31.2 Å². The van der Waals surface area contributed by atoms with Crippen molar-refractivity contribution < 1.29 is 13.9 Å². The molecule has 0 saturated heterocycles. The molecule has 0 unspecified atom stereocenters. The molecule has 2 N–H and O–H groups in total. The second-order valence-electron chi connectivity index (χ2n) is 3.58. The Kier molecular flexibility index (Phi) is 3.27. The van der Waals surface area contributed by atoms with Gasteiger partial charge >= 0.3 is 5.97 Å². The van der Waals surface area contributed by atoms with E-state index in [1.807, 2.05) is 0 Å². The summed E-state index contributed by atoms with van der Waals surface area (Å²) in [5.41, 5.74) is 6.14. The number of nitrogens with zero attached hydrogens (tertiary/aromatic N) is 2. The summed E-state index contributed by atoms with van der Waals surface area (Å²) in [6, 6.07) is 5.71. The molecule has 0 aliphatic rings. The topological polar surface area (TPSA) is 70.1 Å². The second kappa shape index (κ2) is 4.87. The van der Waals surface area contributed by atoms with Crippen molar-refractivity contribution >= 4 is 11.7 Å². The molecular formula is C12H12FN3O2. The summed E-state index contributed by atoms with van der Waals surface area (Å²) in [6.07, 6.45) is 1.49. The molecule has 0 aliphatic carbocycles. The predicted octanol–water partition coefficient (Wildman–Crippen LogP) is 1.77. The summed E-state index contributed by atoms with van der Waals surface area (Å²) in [5, 5.41) is 3.95. The van der Waals surface area contributed by atoms with Crippen molar-refractivity contribution in [1.82, 2.24) is 9.78 Å². The average Bonchev–Trinajstić information content (AvgIpc) is 2.78. The molecule has 0 saturated carbocycles. The highest BCUT2D eigenvalue weighted by molar-refractivity contribution is 5.87. The third kappa shape index (κ3) is 2.32. The molecular weight excluding hydrogens is 237 g/mol. The molecule has 1 aromatic carbocycles. The molecule has 0 radical (unpaired) electrons. The third-order valence-electron chi connectivity index (χ3n) is 2.29. The molecule has 0 amide bonds. The van der Waals surface area contributed by atoms with E-state index in [0.29, 0.717) is 5.69 Å². The smallest absolute Gasteiger partial charge is 0.358 e. The van der Waals surface area contributed by atoms with Crippen molar-refractivity contribution in [2.75, 3.05) is 12.3 Å². The molecule has 1 aromatic heterocycles. The van der Waals surface area contributed by atoms with Gasteiger partial charge in [-0.15, -0.1) is 0 Å². The number of hydrogen-bond donors (Lipinski definition) is 1. The van der Waals surface area contributed by atoms with Crippen molar-refractivity contribution in [3.8, 4) is 5.69 Å². The maximum absolute atomic E-state index is 13.6. The number of esters is 1. The Bertz CT molecular complexity index is 580. The first-order valence-corrected chi connectivity index (χ1v) is 5.40. The Morgan fingerprint density at radius 1 is 1.50 bits per heavy atom. The second-order valence-corrected chi connectivity index (χ2v) is 3.58. The lowest BCUT2D eigenvalue weighted by molar-refractivity contribution is 0.0519.